The first-order chi connectivity index (χ1) is 12.2. The van der Waals surface area contributed by atoms with Crippen molar-refractivity contribution < 1.29 is 0 Å². The predicted octanol–water partition coefficient (Wildman–Crippen LogP) is 5.76. The molecule has 0 fully saturated rings. The van der Waals surface area contributed by atoms with Crippen LogP contribution in [-0.4, -0.2) is 22.5 Å². The van der Waals surface area contributed by atoms with Crippen molar-refractivity contribution in [3.63, 3.8) is 0 Å². The number of imidazole rings is 1. The van der Waals surface area contributed by atoms with Crippen LogP contribution in [0.4, 0.5) is 5.82 Å². The Bertz CT molecular complexity index is 1030. The minimum absolute atomic E-state index is 0.978. The highest BCUT2D eigenvalue weighted by molar-refractivity contribution is 7.13. The summed E-state index contributed by atoms with van der Waals surface area (Å²) in [5.74, 6) is 1.22. The Morgan fingerprint density at radius 1 is 1.12 bits per heavy atom. The van der Waals surface area contributed by atoms with Crippen molar-refractivity contribution >= 4 is 33.6 Å². The number of benzene rings is 1. The number of fused-ring (bicyclic) bond motifs is 3. The molecule has 0 N–H and O–H groups in total. The maximum Gasteiger partial charge on any atom is 0.147 e. The Morgan fingerprint density at radius 3 is 2.68 bits per heavy atom. The van der Waals surface area contributed by atoms with E-state index in [1.165, 1.54) is 27.0 Å². The molecule has 0 unspecified atom stereocenters. The molecule has 0 saturated carbocycles. The summed E-state index contributed by atoms with van der Waals surface area (Å²) in [6, 6.07) is 12.9. The Hall–Kier alpha value is -2.33. The number of aromatic nitrogens is 2. The van der Waals surface area contributed by atoms with Gasteiger partial charge in [-0.3, -0.25) is 4.40 Å². The Morgan fingerprint density at radius 2 is 1.96 bits per heavy atom. The zero-order valence-corrected chi connectivity index (χ0v) is 15.8. The maximum absolute atomic E-state index is 5.13. The number of anilines is 1. The van der Waals surface area contributed by atoms with Gasteiger partial charge in [0.15, 0.2) is 0 Å². The molecule has 0 bridgehead atoms. The second-order valence-electron chi connectivity index (χ2n) is 6.39. The van der Waals surface area contributed by atoms with E-state index < -0.39 is 0 Å². The number of hydrogen-bond acceptors (Lipinski definition) is 3. The minimum Gasteiger partial charge on any atom is -0.356 e. The summed E-state index contributed by atoms with van der Waals surface area (Å²) in [4.78, 5) is 8.85. The molecule has 4 rings (SSSR count). The highest BCUT2D eigenvalue weighted by Gasteiger charge is 2.21. The second-order valence-corrected chi connectivity index (χ2v) is 7.31. The van der Waals surface area contributed by atoms with Crippen molar-refractivity contribution in [2.24, 2.45) is 0 Å². The van der Waals surface area contributed by atoms with Crippen LogP contribution in [0.5, 0.6) is 0 Å². The van der Waals surface area contributed by atoms with Gasteiger partial charge in [-0.1, -0.05) is 31.2 Å². The molecule has 0 saturated heterocycles. The summed E-state index contributed by atoms with van der Waals surface area (Å²) in [7, 11) is 0. The highest BCUT2D eigenvalue weighted by atomic mass is 32.1. The first-order valence-electron chi connectivity index (χ1n) is 8.93. The van der Waals surface area contributed by atoms with Crippen molar-refractivity contribution in [1.29, 1.82) is 0 Å². The van der Waals surface area contributed by atoms with Gasteiger partial charge in [-0.05, 0) is 48.7 Å². The van der Waals surface area contributed by atoms with Gasteiger partial charge in [-0.15, -0.1) is 11.3 Å². The van der Waals surface area contributed by atoms with Gasteiger partial charge in [-0.25, -0.2) is 4.98 Å². The minimum atomic E-state index is 0.978. The molecule has 0 aliphatic heterocycles. The predicted molar refractivity (Wildman–Crippen MR) is 109 cm³/mol. The Balaban J connectivity index is 2.08. The molecule has 3 nitrogen and oxygen atoms in total. The molecular weight excluding hydrogens is 326 g/mol. The lowest BCUT2D eigenvalue weighted by atomic mass is 10.2. The van der Waals surface area contributed by atoms with E-state index in [1.54, 1.807) is 11.3 Å². The first-order valence-corrected chi connectivity index (χ1v) is 9.81. The van der Waals surface area contributed by atoms with Gasteiger partial charge in [0.1, 0.15) is 17.2 Å². The number of pyridine rings is 1. The molecular formula is C21H23N3S. The summed E-state index contributed by atoms with van der Waals surface area (Å²) in [5.41, 5.74) is 3.45. The summed E-state index contributed by atoms with van der Waals surface area (Å²) in [6.45, 7) is 8.65. The normalized spacial score (nSPS) is 11.5. The summed E-state index contributed by atoms with van der Waals surface area (Å²) < 4.78 is 2.27. The molecule has 0 radical (unpaired) electrons. The molecule has 3 aromatic heterocycles. The second kappa shape index (κ2) is 6.52. The van der Waals surface area contributed by atoms with Crippen molar-refractivity contribution in [2.45, 2.75) is 27.2 Å². The summed E-state index contributed by atoms with van der Waals surface area (Å²) in [5, 5.41) is 4.60. The van der Waals surface area contributed by atoms with Crippen LogP contribution >= 0.6 is 11.3 Å². The average molecular weight is 350 g/mol. The molecule has 0 amide bonds. The Labute approximate surface area is 152 Å². The van der Waals surface area contributed by atoms with E-state index in [0.717, 1.165) is 30.9 Å². The SMILES string of the molecule is CCCN(CC)c1c(-c2sccc2C)nc2c3ccccc3ccn12. The van der Waals surface area contributed by atoms with E-state index in [1.807, 2.05) is 0 Å². The van der Waals surface area contributed by atoms with E-state index in [2.05, 4.69) is 78.0 Å². The molecule has 0 spiro atoms. The van der Waals surface area contributed by atoms with Crippen LogP contribution in [0.1, 0.15) is 25.8 Å². The zero-order chi connectivity index (χ0) is 17.4. The molecule has 4 heteroatoms. The smallest absolute Gasteiger partial charge is 0.147 e. The largest absolute Gasteiger partial charge is 0.356 e. The standard InChI is InChI=1S/C21H23N3S/c1-4-12-23(5-2)21-18(19-15(3)11-14-25-19)22-20-17-9-7-6-8-16(17)10-13-24(20)21/h6-11,13-14H,4-5,12H2,1-3H3. The number of nitrogens with zero attached hydrogens (tertiary/aromatic N) is 3. The monoisotopic (exact) mass is 349 g/mol. The van der Waals surface area contributed by atoms with E-state index in [9.17, 15) is 0 Å². The fourth-order valence-electron chi connectivity index (χ4n) is 3.51. The molecule has 0 atom stereocenters. The lowest BCUT2D eigenvalue weighted by Gasteiger charge is -2.23. The molecule has 25 heavy (non-hydrogen) atoms. The third kappa shape index (κ3) is 2.61. The lowest BCUT2D eigenvalue weighted by molar-refractivity contribution is 0.775. The number of rotatable bonds is 5. The van der Waals surface area contributed by atoms with E-state index >= 15 is 0 Å². The van der Waals surface area contributed by atoms with Gasteiger partial charge in [0, 0.05) is 24.7 Å². The third-order valence-corrected chi connectivity index (χ3v) is 5.77. The van der Waals surface area contributed by atoms with Gasteiger partial charge in [0.2, 0.25) is 0 Å². The third-order valence-electron chi connectivity index (χ3n) is 4.74. The fourth-order valence-corrected chi connectivity index (χ4v) is 4.42. The van der Waals surface area contributed by atoms with Crippen LogP contribution in [0, 0.1) is 6.92 Å². The van der Waals surface area contributed by atoms with Crippen LogP contribution in [0.3, 0.4) is 0 Å². The molecule has 1 aromatic carbocycles. The fraction of sp³-hybridized carbons (Fsp3) is 0.286. The van der Waals surface area contributed by atoms with Crippen molar-refractivity contribution in [3.05, 3.63) is 53.5 Å². The van der Waals surface area contributed by atoms with Gasteiger partial charge < -0.3 is 4.90 Å². The van der Waals surface area contributed by atoms with Gasteiger partial charge in [0.25, 0.3) is 0 Å². The highest BCUT2D eigenvalue weighted by Crippen LogP contribution is 2.38. The van der Waals surface area contributed by atoms with Crippen molar-refractivity contribution in [1.82, 2.24) is 9.38 Å². The number of thiophene rings is 1. The maximum atomic E-state index is 5.13. The van der Waals surface area contributed by atoms with E-state index in [4.69, 9.17) is 4.98 Å². The van der Waals surface area contributed by atoms with E-state index in [0.29, 0.717) is 0 Å². The summed E-state index contributed by atoms with van der Waals surface area (Å²) in [6.07, 6.45) is 3.29. The quantitative estimate of drug-likeness (QED) is 0.456. The molecule has 0 aliphatic rings. The van der Waals surface area contributed by atoms with Gasteiger partial charge >= 0.3 is 0 Å². The van der Waals surface area contributed by atoms with Crippen LogP contribution in [-0.2, 0) is 0 Å². The van der Waals surface area contributed by atoms with Crippen LogP contribution < -0.4 is 4.90 Å². The summed E-state index contributed by atoms with van der Waals surface area (Å²) >= 11 is 1.78. The van der Waals surface area contributed by atoms with Gasteiger partial charge in [0.05, 0.1) is 4.88 Å². The van der Waals surface area contributed by atoms with Gasteiger partial charge in [-0.2, -0.15) is 0 Å². The zero-order valence-electron chi connectivity index (χ0n) is 15.0. The first kappa shape index (κ1) is 16.2. The van der Waals surface area contributed by atoms with Crippen molar-refractivity contribution in [3.8, 4) is 10.6 Å². The van der Waals surface area contributed by atoms with Crippen molar-refractivity contribution in [2.75, 3.05) is 18.0 Å². The Kier molecular flexibility index (Phi) is 4.22. The molecule has 3 heterocycles. The number of aryl methyl sites for hydroxylation is 1. The lowest BCUT2D eigenvalue weighted by Crippen LogP contribution is -2.25. The molecule has 4 aromatic rings. The topological polar surface area (TPSA) is 20.5 Å². The van der Waals surface area contributed by atoms with Crippen LogP contribution in [0.25, 0.3) is 27.0 Å². The number of hydrogen-bond donors (Lipinski definition) is 0. The molecule has 0 aliphatic carbocycles. The molecule has 128 valence electrons. The van der Waals surface area contributed by atoms with E-state index in [-0.39, 0.29) is 0 Å². The average Bonchev–Trinajstić information content (AvgIpc) is 3.23. The van der Waals surface area contributed by atoms with Crippen LogP contribution in [0.2, 0.25) is 0 Å². The van der Waals surface area contributed by atoms with Crippen LogP contribution in [0.15, 0.2) is 48.0 Å².